The predicted molar refractivity (Wildman–Crippen MR) is 118 cm³/mol. The van der Waals surface area contributed by atoms with Crippen molar-refractivity contribution in [2.45, 2.75) is 38.4 Å². The zero-order chi connectivity index (χ0) is 22.6. The summed E-state index contributed by atoms with van der Waals surface area (Å²) in [7, 11) is 5.93. The molecule has 2 N–H and O–H groups in total. The number of hydrogen-bond donors (Lipinski definition) is 2. The Morgan fingerprint density at radius 2 is 2.06 bits per heavy atom. The maximum Gasteiger partial charge on any atom is 0.231 e. The van der Waals surface area contributed by atoms with Gasteiger partial charge in [-0.15, -0.1) is 0 Å². The molecule has 4 heterocycles. The van der Waals surface area contributed by atoms with Crippen molar-refractivity contribution in [3.05, 3.63) is 48.2 Å². The van der Waals surface area contributed by atoms with Gasteiger partial charge in [0.05, 0.1) is 22.6 Å². The fraction of sp³-hybridized carbons (Fsp3) is 0.318. The van der Waals surface area contributed by atoms with E-state index in [1.54, 1.807) is 36.0 Å². The second-order valence-electron chi connectivity index (χ2n) is 8.19. The molecule has 160 valence electrons. The monoisotopic (exact) mass is 430 g/mol. The number of hydrogen-bond acceptors (Lipinski definition) is 6. The van der Waals surface area contributed by atoms with Gasteiger partial charge in [-0.1, -0.05) is 6.92 Å². The molecule has 1 aliphatic carbocycles. The Morgan fingerprint density at radius 3 is 2.75 bits per heavy atom. The van der Waals surface area contributed by atoms with Crippen LogP contribution in [0.5, 0.6) is 0 Å². The molecule has 32 heavy (non-hydrogen) atoms. The zero-order valence-electron chi connectivity index (χ0n) is 17.6. The molecule has 0 saturated heterocycles. The van der Waals surface area contributed by atoms with E-state index in [2.05, 4.69) is 25.4 Å². The Morgan fingerprint density at radius 1 is 1.28 bits per heavy atom. The summed E-state index contributed by atoms with van der Waals surface area (Å²) in [4.78, 5) is 25.2. The molecule has 1 amide bonds. The third-order valence-corrected chi connectivity index (χ3v) is 5.91. The fourth-order valence-corrected chi connectivity index (χ4v) is 3.75. The predicted octanol–water partition coefficient (Wildman–Crippen LogP) is 2.67. The second-order valence-corrected chi connectivity index (χ2v) is 8.19. The molecule has 2 radical (unpaired) electrons. The number of carbonyl (C=O) groups excluding carboxylic acids is 1. The van der Waals surface area contributed by atoms with E-state index >= 15 is 0 Å². The highest BCUT2D eigenvalue weighted by atomic mass is 19.1. The van der Waals surface area contributed by atoms with E-state index in [4.69, 9.17) is 7.85 Å². The number of pyridine rings is 3. The molecule has 4 aromatic heterocycles. The largest absolute Gasteiger partial charge is 0.394 e. The zero-order valence-corrected chi connectivity index (χ0v) is 17.6. The molecule has 0 aliphatic heterocycles. The number of nitrogens with zero attached hydrogens (tertiary/aromatic N) is 5. The number of rotatable bonds is 5. The first-order chi connectivity index (χ1) is 15.3. The normalized spacial score (nSPS) is 19.8. The molecule has 10 heteroatoms. The summed E-state index contributed by atoms with van der Waals surface area (Å²) in [6, 6.07) is 5.38. The van der Waals surface area contributed by atoms with Gasteiger partial charge >= 0.3 is 0 Å². The lowest BCUT2D eigenvalue weighted by Crippen LogP contribution is -2.26. The van der Waals surface area contributed by atoms with Gasteiger partial charge in [-0.05, 0) is 37.5 Å². The average Bonchev–Trinajstić information content (AvgIpc) is 3.30. The minimum absolute atomic E-state index is 0.252. The van der Waals surface area contributed by atoms with Crippen LogP contribution < -0.4 is 5.32 Å². The van der Waals surface area contributed by atoms with E-state index in [0.717, 1.165) is 22.1 Å². The molecule has 4 aromatic rings. The standard InChI is InChI=1S/C22H20BFN6O2/c1-3-22(23,32)18-4-11(2)15(9-25-18)13-5-12-8-26-19(29-21(31)14-6-16(14)24)7-17(12)30-20(13)27-10-28-30/h4-5,7-10,14,16,32H,3,6H2,1-2H3,(H,26,29,31). The van der Waals surface area contributed by atoms with E-state index in [9.17, 15) is 14.3 Å². The molecule has 0 aromatic carbocycles. The average molecular weight is 430 g/mol. The van der Waals surface area contributed by atoms with Crippen molar-refractivity contribution in [1.82, 2.24) is 24.6 Å². The van der Waals surface area contributed by atoms with E-state index < -0.39 is 17.6 Å². The highest BCUT2D eigenvalue weighted by Gasteiger charge is 2.43. The van der Waals surface area contributed by atoms with Crippen molar-refractivity contribution in [1.29, 1.82) is 0 Å². The first-order valence-electron chi connectivity index (χ1n) is 10.3. The maximum absolute atomic E-state index is 13.2. The minimum atomic E-state index is -1.50. The van der Waals surface area contributed by atoms with Gasteiger partial charge in [0.25, 0.3) is 0 Å². The molecular formula is C22H20BFN6O2. The van der Waals surface area contributed by atoms with Gasteiger partial charge in [-0.3, -0.25) is 9.78 Å². The van der Waals surface area contributed by atoms with Crippen LogP contribution in [0.2, 0.25) is 0 Å². The number of anilines is 1. The topological polar surface area (TPSA) is 105 Å². The number of nitrogens with one attached hydrogen (secondary N) is 1. The molecule has 3 unspecified atom stereocenters. The van der Waals surface area contributed by atoms with Crippen LogP contribution in [0.3, 0.4) is 0 Å². The van der Waals surface area contributed by atoms with Crippen LogP contribution in [0.1, 0.15) is 31.0 Å². The lowest BCUT2D eigenvalue weighted by Gasteiger charge is -2.22. The molecule has 1 aliphatic rings. The van der Waals surface area contributed by atoms with Gasteiger partial charge in [0, 0.05) is 35.0 Å². The van der Waals surface area contributed by atoms with Crippen LogP contribution in [-0.4, -0.2) is 49.6 Å². The van der Waals surface area contributed by atoms with E-state index in [0.29, 0.717) is 29.1 Å². The van der Waals surface area contributed by atoms with Gasteiger partial charge in [0.15, 0.2) is 5.65 Å². The highest BCUT2D eigenvalue weighted by molar-refractivity contribution is 6.14. The van der Waals surface area contributed by atoms with Crippen molar-refractivity contribution < 1.29 is 14.3 Å². The minimum Gasteiger partial charge on any atom is -0.394 e. The van der Waals surface area contributed by atoms with Crippen molar-refractivity contribution in [3.63, 3.8) is 0 Å². The molecule has 0 bridgehead atoms. The summed E-state index contributed by atoms with van der Waals surface area (Å²) >= 11 is 0. The molecular weight excluding hydrogens is 410 g/mol. The molecule has 3 atom stereocenters. The SMILES string of the molecule is [B]C(O)(CC)c1cc(C)c(-c2cc3cnc(NC(=O)C4CC4F)cc3n3ncnc23)cn1. The first kappa shape index (κ1) is 20.5. The van der Waals surface area contributed by atoms with Crippen LogP contribution in [0, 0.1) is 12.8 Å². The summed E-state index contributed by atoms with van der Waals surface area (Å²) in [6.07, 6.45) is 4.25. The summed E-state index contributed by atoms with van der Waals surface area (Å²) in [5.41, 5.74) is 2.68. The van der Waals surface area contributed by atoms with Crippen molar-refractivity contribution in [2.75, 3.05) is 5.32 Å². The smallest absolute Gasteiger partial charge is 0.231 e. The van der Waals surface area contributed by atoms with Gasteiger partial charge in [-0.25, -0.2) is 18.9 Å². The van der Waals surface area contributed by atoms with Crippen molar-refractivity contribution in [3.8, 4) is 11.1 Å². The van der Waals surface area contributed by atoms with Gasteiger partial charge in [0.2, 0.25) is 5.91 Å². The Labute approximate surface area is 184 Å². The second kappa shape index (κ2) is 7.34. The van der Waals surface area contributed by atoms with Gasteiger partial charge < -0.3 is 10.4 Å². The summed E-state index contributed by atoms with van der Waals surface area (Å²) < 4.78 is 14.8. The molecule has 1 saturated carbocycles. The summed E-state index contributed by atoms with van der Waals surface area (Å²) in [5.74, 6) is -0.640. The molecule has 8 nitrogen and oxygen atoms in total. The van der Waals surface area contributed by atoms with Gasteiger partial charge in [-0.2, -0.15) is 5.10 Å². The van der Waals surface area contributed by atoms with Crippen LogP contribution in [0.4, 0.5) is 10.2 Å². The molecule has 0 spiro atoms. The lowest BCUT2D eigenvalue weighted by atomic mass is 9.76. The van der Waals surface area contributed by atoms with E-state index in [-0.39, 0.29) is 12.3 Å². The van der Waals surface area contributed by atoms with Crippen molar-refractivity contribution in [2.24, 2.45) is 5.92 Å². The number of fused-ring (bicyclic) bond motifs is 3. The van der Waals surface area contributed by atoms with Crippen LogP contribution in [0.15, 0.2) is 36.9 Å². The number of halogens is 1. The molecule has 1 fully saturated rings. The summed E-state index contributed by atoms with van der Waals surface area (Å²) in [5, 5.41) is 18.1. The van der Waals surface area contributed by atoms with E-state index in [1.165, 1.54) is 6.33 Å². The quantitative estimate of drug-likeness (QED) is 0.472. The van der Waals surface area contributed by atoms with E-state index in [1.807, 2.05) is 13.0 Å². The Bertz CT molecular complexity index is 1370. The third-order valence-electron chi connectivity index (χ3n) is 5.91. The fourth-order valence-electron chi connectivity index (χ4n) is 3.75. The van der Waals surface area contributed by atoms with Crippen molar-refractivity contribution >= 4 is 36.1 Å². The Hall–Kier alpha value is -3.40. The highest BCUT2D eigenvalue weighted by Crippen LogP contribution is 2.35. The number of amides is 1. The lowest BCUT2D eigenvalue weighted by molar-refractivity contribution is -0.117. The number of alkyl halides is 1. The number of aryl methyl sites for hydroxylation is 1. The summed E-state index contributed by atoms with van der Waals surface area (Å²) in [6.45, 7) is 3.70. The Kier molecular flexibility index (Phi) is 4.70. The Balaban J connectivity index is 1.58. The van der Waals surface area contributed by atoms with Gasteiger partial charge in [0.1, 0.15) is 26.2 Å². The number of carbonyl (C=O) groups is 1. The molecule has 5 rings (SSSR count). The number of aliphatic hydroxyl groups is 1. The number of aromatic nitrogens is 5. The van der Waals surface area contributed by atoms with Crippen LogP contribution >= 0.6 is 0 Å². The first-order valence-corrected chi connectivity index (χ1v) is 10.3. The van der Waals surface area contributed by atoms with Crippen LogP contribution in [0.25, 0.3) is 27.7 Å². The third kappa shape index (κ3) is 3.40. The van der Waals surface area contributed by atoms with Crippen LogP contribution in [-0.2, 0) is 10.3 Å². The maximum atomic E-state index is 13.2.